The SMILES string of the molecule is CC(C)C(NC(=O)C(N)C(C)O)C(=O)NC(Cc1cnc[nH]1)C(=O)NC(Cc1ccc(O)cc1)C(=O)O. The molecule has 0 aliphatic heterocycles. The van der Waals surface area contributed by atoms with Crippen LogP contribution in [0.1, 0.15) is 32.0 Å². The van der Waals surface area contributed by atoms with Crippen LogP contribution in [0.4, 0.5) is 0 Å². The zero-order valence-corrected chi connectivity index (χ0v) is 20.8. The van der Waals surface area contributed by atoms with Crippen molar-refractivity contribution in [3.05, 3.63) is 48.0 Å². The van der Waals surface area contributed by atoms with Crippen LogP contribution in [-0.2, 0) is 32.0 Å². The highest BCUT2D eigenvalue weighted by molar-refractivity contribution is 5.94. The predicted molar refractivity (Wildman–Crippen MR) is 132 cm³/mol. The van der Waals surface area contributed by atoms with Crippen LogP contribution < -0.4 is 21.7 Å². The molecule has 0 spiro atoms. The average molecular weight is 519 g/mol. The van der Waals surface area contributed by atoms with Crippen LogP contribution in [0, 0.1) is 5.92 Å². The van der Waals surface area contributed by atoms with Gasteiger partial charge in [0.2, 0.25) is 17.7 Å². The van der Waals surface area contributed by atoms with Gasteiger partial charge in [0.05, 0.1) is 12.4 Å². The molecule has 5 atom stereocenters. The normalized spacial score (nSPS) is 15.2. The van der Waals surface area contributed by atoms with Gasteiger partial charge in [-0.1, -0.05) is 26.0 Å². The minimum Gasteiger partial charge on any atom is -0.508 e. The molecule has 9 N–H and O–H groups in total. The number of nitrogens with one attached hydrogen (secondary N) is 4. The van der Waals surface area contributed by atoms with E-state index in [9.17, 15) is 34.5 Å². The quantitative estimate of drug-likeness (QED) is 0.159. The molecule has 13 heteroatoms. The van der Waals surface area contributed by atoms with Gasteiger partial charge in [0.15, 0.2) is 0 Å². The summed E-state index contributed by atoms with van der Waals surface area (Å²) < 4.78 is 0. The Labute approximate surface area is 213 Å². The zero-order valence-electron chi connectivity index (χ0n) is 20.8. The number of amides is 3. The number of carbonyl (C=O) groups is 4. The number of benzene rings is 1. The summed E-state index contributed by atoms with van der Waals surface area (Å²) in [5.41, 5.74) is 6.74. The summed E-state index contributed by atoms with van der Waals surface area (Å²) in [6.07, 6.45) is 1.62. The molecule has 0 saturated heterocycles. The molecular formula is C24H34N6O7. The minimum atomic E-state index is -1.32. The van der Waals surface area contributed by atoms with Crippen molar-refractivity contribution in [2.24, 2.45) is 11.7 Å². The number of carbonyl (C=O) groups excluding carboxylic acids is 3. The van der Waals surface area contributed by atoms with Crippen molar-refractivity contribution >= 4 is 23.7 Å². The number of aliphatic carboxylic acids is 1. The maximum atomic E-state index is 13.2. The third-order valence-corrected chi connectivity index (χ3v) is 5.67. The smallest absolute Gasteiger partial charge is 0.326 e. The van der Waals surface area contributed by atoms with Crippen LogP contribution in [-0.4, -0.2) is 79.2 Å². The predicted octanol–water partition coefficient (Wildman–Crippen LogP) is -1.20. The zero-order chi connectivity index (χ0) is 27.7. The summed E-state index contributed by atoms with van der Waals surface area (Å²) in [5, 5.41) is 36.2. The second kappa shape index (κ2) is 13.4. The molecule has 2 rings (SSSR count). The third kappa shape index (κ3) is 8.88. The molecule has 1 heterocycles. The summed E-state index contributed by atoms with van der Waals surface area (Å²) in [5.74, 6) is -3.86. The van der Waals surface area contributed by atoms with E-state index < -0.39 is 59.9 Å². The number of aliphatic hydroxyl groups is 1. The molecular weight excluding hydrogens is 484 g/mol. The summed E-state index contributed by atoms with van der Waals surface area (Å²) in [4.78, 5) is 57.2. The van der Waals surface area contributed by atoms with E-state index in [1.165, 1.54) is 43.7 Å². The molecule has 2 aromatic rings. The lowest BCUT2D eigenvalue weighted by atomic mass is 10.0. The standard InChI is InChI=1S/C24H34N6O7/c1-12(2)20(30-22(34)19(25)13(3)31)23(35)28-17(9-15-10-26-11-27-15)21(33)29-18(24(36)37)8-14-4-6-16(32)7-5-14/h4-7,10-13,17-20,31-32H,8-9,25H2,1-3H3,(H,26,27)(H,28,35)(H,29,33)(H,30,34)(H,36,37). The Balaban J connectivity index is 2.20. The first-order valence-corrected chi connectivity index (χ1v) is 11.7. The molecule has 0 saturated carbocycles. The van der Waals surface area contributed by atoms with Gasteiger partial charge in [-0.3, -0.25) is 14.4 Å². The van der Waals surface area contributed by atoms with Gasteiger partial charge >= 0.3 is 5.97 Å². The van der Waals surface area contributed by atoms with Crippen molar-refractivity contribution in [2.45, 2.75) is 63.9 Å². The lowest BCUT2D eigenvalue weighted by molar-refractivity contribution is -0.142. The molecule has 5 unspecified atom stereocenters. The summed E-state index contributed by atoms with van der Waals surface area (Å²) >= 11 is 0. The Hall–Kier alpha value is -3.97. The number of nitrogens with two attached hydrogens (primary N) is 1. The first-order chi connectivity index (χ1) is 17.4. The monoisotopic (exact) mass is 518 g/mol. The number of rotatable bonds is 13. The lowest BCUT2D eigenvalue weighted by Gasteiger charge is -2.27. The fourth-order valence-electron chi connectivity index (χ4n) is 3.43. The number of H-pyrrole nitrogens is 1. The highest BCUT2D eigenvalue weighted by Crippen LogP contribution is 2.12. The Morgan fingerprint density at radius 1 is 0.946 bits per heavy atom. The molecule has 0 aliphatic rings. The van der Waals surface area contributed by atoms with Crippen molar-refractivity contribution in [2.75, 3.05) is 0 Å². The molecule has 3 amide bonds. The van der Waals surface area contributed by atoms with Crippen LogP contribution in [0.25, 0.3) is 0 Å². The molecule has 0 bridgehead atoms. The lowest BCUT2D eigenvalue weighted by Crippen LogP contribution is -2.59. The number of imidazole rings is 1. The number of hydrogen-bond acceptors (Lipinski definition) is 8. The van der Waals surface area contributed by atoms with Crippen LogP contribution in [0.15, 0.2) is 36.8 Å². The van der Waals surface area contributed by atoms with Crippen LogP contribution >= 0.6 is 0 Å². The molecule has 1 aromatic heterocycles. The Morgan fingerprint density at radius 2 is 1.57 bits per heavy atom. The van der Waals surface area contributed by atoms with E-state index in [1.807, 2.05) is 0 Å². The van der Waals surface area contributed by atoms with E-state index in [1.54, 1.807) is 13.8 Å². The average Bonchev–Trinajstić information content (AvgIpc) is 3.34. The van der Waals surface area contributed by atoms with Crippen molar-refractivity contribution in [1.82, 2.24) is 25.9 Å². The maximum absolute atomic E-state index is 13.2. The topological polar surface area (TPSA) is 220 Å². The summed E-state index contributed by atoms with van der Waals surface area (Å²) in [6.45, 7) is 4.71. The van der Waals surface area contributed by atoms with Gasteiger partial charge in [0.25, 0.3) is 0 Å². The van der Waals surface area contributed by atoms with Crippen molar-refractivity contribution in [3.63, 3.8) is 0 Å². The number of carboxylic acids is 1. The molecule has 1 aromatic carbocycles. The maximum Gasteiger partial charge on any atom is 0.326 e. The van der Waals surface area contributed by atoms with E-state index in [-0.39, 0.29) is 18.6 Å². The highest BCUT2D eigenvalue weighted by Gasteiger charge is 2.32. The summed E-state index contributed by atoms with van der Waals surface area (Å²) in [6, 6.07) is 1.02. The third-order valence-electron chi connectivity index (χ3n) is 5.67. The molecule has 0 radical (unpaired) electrons. The van der Waals surface area contributed by atoms with Gasteiger partial charge in [-0.25, -0.2) is 9.78 Å². The van der Waals surface area contributed by atoms with E-state index in [0.29, 0.717) is 11.3 Å². The number of aromatic amines is 1. The van der Waals surface area contributed by atoms with Gasteiger partial charge in [-0.2, -0.15) is 0 Å². The van der Waals surface area contributed by atoms with Crippen molar-refractivity contribution < 1.29 is 34.5 Å². The van der Waals surface area contributed by atoms with Gasteiger partial charge in [-0.15, -0.1) is 0 Å². The number of aromatic nitrogens is 2. The first kappa shape index (κ1) is 29.3. The number of aliphatic hydroxyl groups excluding tert-OH is 1. The van der Waals surface area contributed by atoms with Gasteiger partial charge in [-0.05, 0) is 30.5 Å². The Bertz CT molecular complexity index is 1060. The van der Waals surface area contributed by atoms with Gasteiger partial charge in [0, 0.05) is 24.7 Å². The number of nitrogens with zero attached hydrogens (tertiary/aromatic N) is 1. The Kier molecular flexibility index (Phi) is 10.6. The second-order valence-electron chi connectivity index (χ2n) is 9.11. The van der Waals surface area contributed by atoms with Crippen LogP contribution in [0.5, 0.6) is 5.75 Å². The van der Waals surface area contributed by atoms with Crippen molar-refractivity contribution in [1.29, 1.82) is 0 Å². The Morgan fingerprint density at radius 3 is 2.08 bits per heavy atom. The van der Waals surface area contributed by atoms with E-state index >= 15 is 0 Å². The number of phenols is 1. The molecule has 0 aliphatic carbocycles. The number of carboxylic acid groups (broad SMARTS) is 1. The van der Waals surface area contributed by atoms with E-state index in [0.717, 1.165) is 0 Å². The van der Waals surface area contributed by atoms with Gasteiger partial charge < -0.3 is 42.0 Å². The fourth-order valence-corrected chi connectivity index (χ4v) is 3.43. The molecule has 202 valence electrons. The molecule has 0 fully saturated rings. The minimum absolute atomic E-state index is 0.0168. The molecule has 37 heavy (non-hydrogen) atoms. The fraction of sp³-hybridized carbons (Fsp3) is 0.458. The summed E-state index contributed by atoms with van der Waals surface area (Å²) in [7, 11) is 0. The second-order valence-corrected chi connectivity index (χ2v) is 9.11. The van der Waals surface area contributed by atoms with E-state index in [2.05, 4.69) is 25.9 Å². The first-order valence-electron chi connectivity index (χ1n) is 11.7. The molecule has 13 nitrogen and oxygen atoms in total. The van der Waals surface area contributed by atoms with Crippen LogP contribution in [0.2, 0.25) is 0 Å². The highest BCUT2D eigenvalue weighted by atomic mass is 16.4. The number of hydrogen-bond donors (Lipinski definition) is 8. The largest absolute Gasteiger partial charge is 0.508 e. The van der Waals surface area contributed by atoms with Crippen molar-refractivity contribution in [3.8, 4) is 5.75 Å². The van der Waals surface area contributed by atoms with Crippen LogP contribution in [0.3, 0.4) is 0 Å². The van der Waals surface area contributed by atoms with Gasteiger partial charge in [0.1, 0.15) is 29.9 Å². The number of phenolic OH excluding ortho intramolecular Hbond substituents is 1. The van der Waals surface area contributed by atoms with E-state index in [4.69, 9.17) is 5.73 Å². The number of aromatic hydroxyl groups is 1.